The van der Waals surface area contributed by atoms with E-state index in [-0.39, 0.29) is 17.7 Å². The van der Waals surface area contributed by atoms with Crippen LogP contribution in [0.25, 0.3) is 23.0 Å². The van der Waals surface area contributed by atoms with Crippen molar-refractivity contribution in [3.05, 3.63) is 118 Å². The maximum Gasteiger partial charge on any atom is 0.271 e. The summed E-state index contributed by atoms with van der Waals surface area (Å²) >= 11 is 0. The molecule has 2 aromatic carbocycles. The van der Waals surface area contributed by atoms with E-state index in [0.29, 0.717) is 22.4 Å². The van der Waals surface area contributed by atoms with Gasteiger partial charge in [-0.2, -0.15) is 10.4 Å². The van der Waals surface area contributed by atoms with Crippen molar-refractivity contribution in [2.24, 2.45) is 0 Å². The number of hydrogen-bond donors (Lipinski definition) is 0. The minimum Gasteiger partial charge on any atom is -0.269 e. The molecule has 1 aliphatic rings. The van der Waals surface area contributed by atoms with Gasteiger partial charge < -0.3 is 0 Å². The average molecular weight is 500 g/mol. The first-order valence-corrected chi connectivity index (χ1v) is 12.2. The number of aromatic nitrogens is 3. The Hall–Kier alpha value is -5.09. The van der Waals surface area contributed by atoms with Crippen LogP contribution in [0.1, 0.15) is 29.2 Å². The van der Waals surface area contributed by atoms with Gasteiger partial charge in [0.25, 0.3) is 11.8 Å². The van der Waals surface area contributed by atoms with Crippen LogP contribution in [0.15, 0.2) is 96.0 Å². The molecule has 2 amide bonds. The highest BCUT2D eigenvalue weighted by Gasteiger charge is 2.35. The van der Waals surface area contributed by atoms with Gasteiger partial charge in [0.15, 0.2) is 0 Å². The number of amides is 2. The van der Waals surface area contributed by atoms with Gasteiger partial charge in [-0.15, -0.1) is 0 Å². The summed E-state index contributed by atoms with van der Waals surface area (Å²) in [5, 5.41) is 14.7. The molecule has 0 bridgehead atoms. The molecule has 0 fully saturated rings. The van der Waals surface area contributed by atoms with Crippen molar-refractivity contribution >= 4 is 17.9 Å². The quantitative estimate of drug-likeness (QED) is 0.273. The molecule has 2 aromatic heterocycles. The molecule has 4 aromatic rings. The lowest BCUT2D eigenvalue weighted by Crippen LogP contribution is -2.42. The predicted molar refractivity (Wildman–Crippen MR) is 145 cm³/mol. The van der Waals surface area contributed by atoms with E-state index in [2.05, 4.69) is 11.1 Å². The number of nitrogens with zero attached hydrogens (tertiary/aromatic N) is 5. The Bertz CT molecular complexity index is 1660. The number of rotatable bonds is 5. The number of carbonyl (C=O) groups excluding carboxylic acids is 2. The van der Waals surface area contributed by atoms with Crippen LogP contribution >= 0.6 is 0 Å². The second kappa shape index (κ2) is 10.1. The maximum atomic E-state index is 13.7. The summed E-state index contributed by atoms with van der Waals surface area (Å²) in [6.45, 7) is 5.70. The molecule has 1 aliphatic heterocycles. The average Bonchev–Trinajstić information content (AvgIpc) is 3.35. The Morgan fingerprint density at radius 2 is 1.76 bits per heavy atom. The molecule has 0 radical (unpaired) electrons. The Labute approximate surface area is 221 Å². The van der Waals surface area contributed by atoms with Gasteiger partial charge in [-0.25, -0.2) is 4.68 Å². The minimum atomic E-state index is -0.606. The monoisotopic (exact) mass is 499 g/mol. The minimum absolute atomic E-state index is 0.0223. The van der Waals surface area contributed by atoms with E-state index >= 15 is 0 Å². The van der Waals surface area contributed by atoms with E-state index in [9.17, 15) is 14.9 Å². The van der Waals surface area contributed by atoms with E-state index in [1.54, 1.807) is 42.2 Å². The van der Waals surface area contributed by atoms with E-state index in [1.165, 1.54) is 0 Å². The second-order valence-electron chi connectivity index (χ2n) is 9.26. The number of nitriles is 1. The number of aryl methyl sites for hydroxylation is 2. The van der Waals surface area contributed by atoms with Crippen molar-refractivity contribution in [2.45, 2.75) is 27.3 Å². The lowest BCUT2D eigenvalue weighted by molar-refractivity contribution is -0.141. The Kier molecular flexibility index (Phi) is 6.55. The van der Waals surface area contributed by atoms with Crippen LogP contribution in [0.3, 0.4) is 0 Å². The highest BCUT2D eigenvalue weighted by Crippen LogP contribution is 2.33. The van der Waals surface area contributed by atoms with Crippen molar-refractivity contribution in [3.8, 4) is 23.0 Å². The summed E-state index contributed by atoms with van der Waals surface area (Å²) < 4.78 is 1.78. The smallest absolute Gasteiger partial charge is 0.269 e. The molecular formula is C31H25N5O2. The molecule has 38 heavy (non-hydrogen) atoms. The topological polar surface area (TPSA) is 91.9 Å². The standard InChI is InChI=1S/C31H25N5O2/c1-20-11-12-21(2)26(14-20)29-24(19-36(34-29)25-9-5-4-6-10-25)15-27-22(3)28(16-32)31(38)35(30(27)37)18-23-8-7-13-33-17-23/h4-15,17,19H,18H2,1-3H3/b27-15+. The second-order valence-corrected chi connectivity index (χ2v) is 9.26. The van der Waals surface area contributed by atoms with Crippen LogP contribution in [0.4, 0.5) is 0 Å². The number of carbonyl (C=O) groups is 2. The SMILES string of the molecule is CC1=C(C#N)C(=O)N(Cc2cccnc2)C(=O)/C1=C/c1cn(-c2ccccc2)nc1-c1cc(C)ccc1C. The van der Waals surface area contributed by atoms with Crippen molar-refractivity contribution in [1.29, 1.82) is 5.26 Å². The normalized spacial score (nSPS) is 14.8. The molecule has 0 aliphatic carbocycles. The van der Waals surface area contributed by atoms with Crippen molar-refractivity contribution in [1.82, 2.24) is 19.7 Å². The summed E-state index contributed by atoms with van der Waals surface area (Å²) in [6.07, 6.45) is 6.83. The lowest BCUT2D eigenvalue weighted by atomic mass is 9.92. The molecule has 0 atom stereocenters. The Morgan fingerprint density at radius 3 is 2.47 bits per heavy atom. The van der Waals surface area contributed by atoms with Gasteiger partial charge >= 0.3 is 0 Å². The zero-order chi connectivity index (χ0) is 26.8. The molecule has 0 spiro atoms. The molecular weight excluding hydrogens is 474 g/mol. The zero-order valence-corrected chi connectivity index (χ0v) is 21.3. The molecule has 5 rings (SSSR count). The summed E-state index contributed by atoms with van der Waals surface area (Å²) in [7, 11) is 0. The van der Waals surface area contributed by atoms with Crippen LogP contribution in [0, 0.1) is 25.2 Å². The van der Waals surface area contributed by atoms with E-state index in [4.69, 9.17) is 5.10 Å². The number of hydrogen-bond acceptors (Lipinski definition) is 5. The summed E-state index contributed by atoms with van der Waals surface area (Å²) in [5.74, 6) is -1.07. The Morgan fingerprint density at radius 1 is 0.974 bits per heavy atom. The van der Waals surface area contributed by atoms with Crippen molar-refractivity contribution < 1.29 is 9.59 Å². The summed E-state index contributed by atoms with van der Waals surface area (Å²) in [4.78, 5) is 32.0. The number of benzene rings is 2. The van der Waals surface area contributed by atoms with Crippen LogP contribution in [-0.2, 0) is 16.1 Å². The highest BCUT2D eigenvalue weighted by atomic mass is 16.2. The first-order chi connectivity index (χ1) is 18.4. The maximum absolute atomic E-state index is 13.7. The van der Waals surface area contributed by atoms with Crippen molar-refractivity contribution in [3.63, 3.8) is 0 Å². The molecule has 7 heteroatoms. The Balaban J connectivity index is 1.68. The van der Waals surface area contributed by atoms with Gasteiger partial charge in [0.2, 0.25) is 0 Å². The van der Waals surface area contributed by atoms with E-state index in [0.717, 1.165) is 27.3 Å². The van der Waals surface area contributed by atoms with Crippen LogP contribution in [-0.4, -0.2) is 31.5 Å². The third kappa shape index (κ3) is 4.56. The number of imide groups is 1. The third-order valence-electron chi connectivity index (χ3n) is 6.60. The number of pyridine rings is 1. The first-order valence-electron chi connectivity index (χ1n) is 12.2. The largest absolute Gasteiger partial charge is 0.271 e. The van der Waals surface area contributed by atoms with Gasteiger partial charge in [-0.3, -0.25) is 19.5 Å². The highest BCUT2D eigenvalue weighted by molar-refractivity contribution is 6.19. The fourth-order valence-corrected chi connectivity index (χ4v) is 4.51. The summed E-state index contributed by atoms with van der Waals surface area (Å²) in [6, 6.07) is 21.4. The van der Waals surface area contributed by atoms with Crippen LogP contribution < -0.4 is 0 Å². The third-order valence-corrected chi connectivity index (χ3v) is 6.60. The van der Waals surface area contributed by atoms with E-state index < -0.39 is 11.8 Å². The fraction of sp³-hybridized carbons (Fsp3) is 0.129. The van der Waals surface area contributed by atoms with Gasteiger partial charge in [-0.1, -0.05) is 42.0 Å². The summed E-state index contributed by atoms with van der Waals surface area (Å²) in [5.41, 5.74) is 6.63. The van der Waals surface area contributed by atoms with Gasteiger partial charge in [0, 0.05) is 35.3 Å². The molecule has 0 unspecified atom stereocenters. The van der Waals surface area contributed by atoms with Crippen LogP contribution in [0.2, 0.25) is 0 Å². The zero-order valence-electron chi connectivity index (χ0n) is 21.3. The van der Waals surface area contributed by atoms with Crippen LogP contribution in [0.5, 0.6) is 0 Å². The van der Waals surface area contributed by atoms with Gasteiger partial charge in [-0.05, 0) is 67.8 Å². The van der Waals surface area contributed by atoms with E-state index in [1.807, 2.05) is 68.6 Å². The molecule has 186 valence electrons. The van der Waals surface area contributed by atoms with Crippen molar-refractivity contribution in [2.75, 3.05) is 0 Å². The molecule has 0 saturated carbocycles. The number of para-hydroxylation sites is 1. The predicted octanol–water partition coefficient (Wildman–Crippen LogP) is 5.34. The lowest BCUT2D eigenvalue weighted by Gasteiger charge is -2.27. The molecule has 0 saturated heterocycles. The molecule has 7 nitrogen and oxygen atoms in total. The molecule has 3 heterocycles. The van der Waals surface area contributed by atoms with Gasteiger partial charge in [0.1, 0.15) is 17.3 Å². The first kappa shape index (κ1) is 24.6. The van der Waals surface area contributed by atoms with Gasteiger partial charge in [0.05, 0.1) is 12.2 Å². The molecule has 0 N–H and O–H groups in total. The fourth-order valence-electron chi connectivity index (χ4n) is 4.51.